The van der Waals surface area contributed by atoms with E-state index in [0.29, 0.717) is 18.0 Å². The molecule has 110 valence electrons. The number of carbonyl (C=O) groups excluding carboxylic acids is 1. The third-order valence-electron chi connectivity index (χ3n) is 4.26. The van der Waals surface area contributed by atoms with Crippen LogP contribution in [-0.4, -0.2) is 23.0 Å². The molecule has 2 atom stereocenters. The lowest BCUT2D eigenvalue weighted by Crippen LogP contribution is -2.49. The molecule has 0 aliphatic carbocycles. The van der Waals surface area contributed by atoms with E-state index in [1.54, 1.807) is 0 Å². The van der Waals surface area contributed by atoms with Crippen LogP contribution in [0.2, 0.25) is 0 Å². The Kier molecular flexibility index (Phi) is 4.69. The molecule has 1 N–H and O–H groups in total. The van der Waals surface area contributed by atoms with Crippen LogP contribution in [-0.2, 0) is 0 Å². The highest BCUT2D eigenvalue weighted by Crippen LogP contribution is 2.24. The molecular weight excluding hydrogens is 248 g/mol. The molecule has 3 heteroatoms. The van der Waals surface area contributed by atoms with Crippen LogP contribution in [0.15, 0.2) is 24.3 Å². The van der Waals surface area contributed by atoms with Gasteiger partial charge in [0.25, 0.3) is 0 Å². The van der Waals surface area contributed by atoms with Crippen LogP contribution in [0.1, 0.15) is 58.4 Å². The molecule has 1 aromatic rings. The zero-order valence-electron chi connectivity index (χ0n) is 13.0. The predicted molar refractivity (Wildman–Crippen MR) is 84.2 cm³/mol. The molecule has 1 aliphatic rings. The van der Waals surface area contributed by atoms with Crippen LogP contribution < -0.4 is 5.32 Å². The molecule has 2 amide bonds. The van der Waals surface area contributed by atoms with Gasteiger partial charge in [-0.25, -0.2) is 4.79 Å². The smallest absolute Gasteiger partial charge is 0.319 e. The van der Waals surface area contributed by atoms with Gasteiger partial charge in [0.2, 0.25) is 0 Å². The highest BCUT2D eigenvalue weighted by atomic mass is 16.2. The van der Waals surface area contributed by atoms with Crippen LogP contribution in [0.3, 0.4) is 0 Å². The van der Waals surface area contributed by atoms with Crippen LogP contribution in [0.5, 0.6) is 0 Å². The quantitative estimate of drug-likeness (QED) is 0.839. The first-order valence-electron chi connectivity index (χ1n) is 7.68. The van der Waals surface area contributed by atoms with E-state index in [1.807, 2.05) is 17.0 Å². The Morgan fingerprint density at radius 1 is 1.15 bits per heavy atom. The molecule has 1 fully saturated rings. The molecular formula is C17H26N2O. The third kappa shape index (κ3) is 3.33. The first kappa shape index (κ1) is 14.9. The van der Waals surface area contributed by atoms with Crippen molar-refractivity contribution in [3.8, 4) is 0 Å². The Morgan fingerprint density at radius 3 is 2.20 bits per heavy atom. The number of hydrogen-bond donors (Lipinski definition) is 1. The molecule has 2 unspecified atom stereocenters. The summed E-state index contributed by atoms with van der Waals surface area (Å²) in [6, 6.07) is 8.84. The van der Waals surface area contributed by atoms with Gasteiger partial charge >= 0.3 is 6.03 Å². The fourth-order valence-corrected chi connectivity index (χ4v) is 2.96. The van der Waals surface area contributed by atoms with Gasteiger partial charge in [0.05, 0.1) is 0 Å². The molecule has 3 nitrogen and oxygen atoms in total. The van der Waals surface area contributed by atoms with Crippen LogP contribution in [0.25, 0.3) is 0 Å². The molecule has 1 aliphatic heterocycles. The lowest BCUT2D eigenvalue weighted by atomic mass is 9.98. The highest BCUT2D eigenvalue weighted by Gasteiger charge is 2.28. The topological polar surface area (TPSA) is 32.3 Å². The number of amides is 2. The molecule has 0 spiro atoms. The molecule has 20 heavy (non-hydrogen) atoms. The summed E-state index contributed by atoms with van der Waals surface area (Å²) in [5.41, 5.74) is 2.17. The van der Waals surface area contributed by atoms with Crippen LogP contribution >= 0.6 is 0 Å². The lowest BCUT2D eigenvalue weighted by molar-refractivity contribution is 0.133. The van der Waals surface area contributed by atoms with E-state index in [4.69, 9.17) is 0 Å². The average molecular weight is 274 g/mol. The zero-order chi connectivity index (χ0) is 14.7. The maximum Gasteiger partial charge on any atom is 0.322 e. The molecule has 0 saturated carbocycles. The Morgan fingerprint density at radius 2 is 1.70 bits per heavy atom. The van der Waals surface area contributed by atoms with E-state index in [0.717, 1.165) is 18.5 Å². The fraction of sp³-hybridized carbons (Fsp3) is 0.588. The van der Waals surface area contributed by atoms with Gasteiger partial charge in [-0.2, -0.15) is 0 Å². The minimum atomic E-state index is 0.0296. The molecule has 0 radical (unpaired) electrons. The second kappa shape index (κ2) is 6.29. The predicted octanol–water partition coefficient (Wildman–Crippen LogP) is 4.60. The first-order chi connectivity index (χ1) is 9.49. The number of benzene rings is 1. The fourth-order valence-electron chi connectivity index (χ4n) is 2.96. The monoisotopic (exact) mass is 274 g/mol. The van der Waals surface area contributed by atoms with Crippen molar-refractivity contribution in [2.45, 2.75) is 65.0 Å². The average Bonchev–Trinajstić information content (AvgIpc) is 2.39. The highest BCUT2D eigenvalue weighted by molar-refractivity contribution is 5.89. The second-order valence-corrected chi connectivity index (χ2v) is 6.24. The Bertz CT molecular complexity index is 443. The van der Waals surface area contributed by atoms with Gasteiger partial charge in [0, 0.05) is 17.8 Å². The van der Waals surface area contributed by atoms with E-state index in [9.17, 15) is 4.79 Å². The summed E-state index contributed by atoms with van der Waals surface area (Å²) in [6.07, 6.45) is 3.42. The summed E-state index contributed by atoms with van der Waals surface area (Å²) in [7, 11) is 0. The Balaban J connectivity index is 2.03. The van der Waals surface area contributed by atoms with Gasteiger partial charge in [-0.05, 0) is 56.7 Å². The van der Waals surface area contributed by atoms with Crippen LogP contribution in [0.4, 0.5) is 10.5 Å². The number of piperidine rings is 1. The van der Waals surface area contributed by atoms with Gasteiger partial charge in [-0.1, -0.05) is 26.0 Å². The number of nitrogens with zero attached hydrogens (tertiary/aromatic N) is 1. The lowest BCUT2D eigenvalue weighted by Gasteiger charge is -2.38. The van der Waals surface area contributed by atoms with Crippen molar-refractivity contribution >= 4 is 11.7 Å². The molecule has 0 bridgehead atoms. The molecule has 0 aromatic heterocycles. The molecule has 1 aromatic carbocycles. The van der Waals surface area contributed by atoms with Crippen molar-refractivity contribution < 1.29 is 4.79 Å². The number of rotatable bonds is 2. The largest absolute Gasteiger partial charge is 0.322 e. The minimum absolute atomic E-state index is 0.0296. The van der Waals surface area contributed by atoms with Crippen molar-refractivity contribution in [1.82, 2.24) is 4.90 Å². The van der Waals surface area contributed by atoms with E-state index >= 15 is 0 Å². The van der Waals surface area contributed by atoms with Crippen LogP contribution in [0, 0.1) is 0 Å². The van der Waals surface area contributed by atoms with Crippen molar-refractivity contribution in [2.75, 3.05) is 5.32 Å². The van der Waals surface area contributed by atoms with E-state index in [2.05, 4.69) is 45.1 Å². The standard InChI is InChI=1S/C17H26N2O/c1-12(2)15-8-10-16(11-9-15)18-17(20)19-13(3)6-5-7-14(19)4/h8-14H,5-7H2,1-4H3,(H,18,20). The maximum absolute atomic E-state index is 12.4. The summed E-state index contributed by atoms with van der Waals surface area (Å²) in [6.45, 7) is 8.61. The van der Waals surface area contributed by atoms with E-state index < -0.39 is 0 Å². The normalized spacial score (nSPS) is 22.9. The summed E-state index contributed by atoms with van der Waals surface area (Å²) in [5.74, 6) is 0.516. The first-order valence-corrected chi connectivity index (χ1v) is 7.68. The summed E-state index contributed by atoms with van der Waals surface area (Å²) in [4.78, 5) is 14.4. The van der Waals surface area contributed by atoms with E-state index in [-0.39, 0.29) is 6.03 Å². The molecule has 2 rings (SSSR count). The Labute approximate surface area is 122 Å². The van der Waals surface area contributed by atoms with Crippen molar-refractivity contribution in [3.63, 3.8) is 0 Å². The van der Waals surface area contributed by atoms with Gasteiger partial charge in [-0.15, -0.1) is 0 Å². The number of anilines is 1. The van der Waals surface area contributed by atoms with E-state index in [1.165, 1.54) is 12.0 Å². The van der Waals surface area contributed by atoms with Gasteiger partial charge in [0.1, 0.15) is 0 Å². The number of urea groups is 1. The minimum Gasteiger partial charge on any atom is -0.319 e. The molecule has 1 heterocycles. The summed E-state index contributed by atoms with van der Waals surface area (Å²) < 4.78 is 0. The number of carbonyl (C=O) groups is 1. The molecule has 1 saturated heterocycles. The van der Waals surface area contributed by atoms with Crippen molar-refractivity contribution in [2.24, 2.45) is 0 Å². The number of hydrogen-bond acceptors (Lipinski definition) is 1. The number of nitrogens with one attached hydrogen (secondary N) is 1. The maximum atomic E-state index is 12.4. The SMILES string of the molecule is CC(C)c1ccc(NC(=O)N2C(C)CCCC2C)cc1. The van der Waals surface area contributed by atoms with Gasteiger partial charge < -0.3 is 10.2 Å². The van der Waals surface area contributed by atoms with Gasteiger partial charge in [0.15, 0.2) is 0 Å². The summed E-state index contributed by atoms with van der Waals surface area (Å²) >= 11 is 0. The Hall–Kier alpha value is -1.51. The van der Waals surface area contributed by atoms with Crippen molar-refractivity contribution in [3.05, 3.63) is 29.8 Å². The van der Waals surface area contributed by atoms with Gasteiger partial charge in [-0.3, -0.25) is 0 Å². The second-order valence-electron chi connectivity index (χ2n) is 6.24. The number of likely N-dealkylation sites (tertiary alicyclic amines) is 1. The third-order valence-corrected chi connectivity index (χ3v) is 4.26. The zero-order valence-corrected chi connectivity index (χ0v) is 13.0. The summed E-state index contributed by atoms with van der Waals surface area (Å²) in [5, 5.41) is 3.03. The van der Waals surface area contributed by atoms with Crippen molar-refractivity contribution in [1.29, 1.82) is 0 Å².